The van der Waals surface area contributed by atoms with Gasteiger partial charge in [0.1, 0.15) is 0 Å². The molecule has 1 amide bonds. The lowest BCUT2D eigenvalue weighted by Gasteiger charge is -2.29. The summed E-state index contributed by atoms with van der Waals surface area (Å²) in [5, 5.41) is 21.2. The molecule has 7 heteroatoms. The third-order valence-corrected chi connectivity index (χ3v) is 2.91. The number of benzene rings is 1. The molecule has 5 nitrogen and oxygen atoms in total. The summed E-state index contributed by atoms with van der Waals surface area (Å²) in [5.74, 6) is -2.00. The summed E-state index contributed by atoms with van der Waals surface area (Å²) >= 11 is 11.5. The highest BCUT2D eigenvalue weighted by molar-refractivity contribution is 6.35. The van der Waals surface area contributed by atoms with E-state index < -0.39 is 23.5 Å². The van der Waals surface area contributed by atoms with Crippen molar-refractivity contribution in [2.75, 3.05) is 0 Å². The zero-order valence-corrected chi connectivity index (χ0v) is 11.8. The molecule has 1 atom stereocenters. The molecule has 0 fully saturated rings. The van der Waals surface area contributed by atoms with E-state index in [1.807, 2.05) is 0 Å². The van der Waals surface area contributed by atoms with Crippen molar-refractivity contribution >= 4 is 35.1 Å². The highest BCUT2D eigenvalue weighted by Crippen LogP contribution is 2.20. The summed E-state index contributed by atoms with van der Waals surface area (Å²) in [7, 11) is 0. The van der Waals surface area contributed by atoms with E-state index in [-0.39, 0.29) is 15.6 Å². The fourth-order valence-electron chi connectivity index (χ4n) is 1.43. The second-order valence-electron chi connectivity index (χ2n) is 4.57. The minimum absolute atomic E-state index is 0.183. The molecule has 19 heavy (non-hydrogen) atoms. The average molecular weight is 306 g/mol. The van der Waals surface area contributed by atoms with Crippen LogP contribution >= 0.6 is 23.2 Å². The van der Waals surface area contributed by atoms with Crippen molar-refractivity contribution in [3.63, 3.8) is 0 Å². The number of amides is 1. The molecule has 0 aliphatic carbocycles. The highest BCUT2D eigenvalue weighted by Gasteiger charge is 2.35. The van der Waals surface area contributed by atoms with Gasteiger partial charge in [-0.3, -0.25) is 4.79 Å². The van der Waals surface area contributed by atoms with Crippen molar-refractivity contribution < 1.29 is 19.8 Å². The zero-order valence-electron chi connectivity index (χ0n) is 10.3. The van der Waals surface area contributed by atoms with E-state index in [0.29, 0.717) is 0 Å². The van der Waals surface area contributed by atoms with Gasteiger partial charge in [0.05, 0.1) is 5.54 Å². The Hall–Kier alpha value is -1.30. The van der Waals surface area contributed by atoms with E-state index in [0.717, 1.165) is 0 Å². The van der Waals surface area contributed by atoms with Crippen molar-refractivity contribution in [2.45, 2.75) is 25.5 Å². The molecule has 0 saturated carbocycles. The number of carbonyl (C=O) groups excluding carboxylic acids is 1. The molecule has 0 spiro atoms. The monoisotopic (exact) mass is 305 g/mol. The van der Waals surface area contributed by atoms with Crippen LogP contribution in [-0.4, -0.2) is 33.7 Å². The van der Waals surface area contributed by atoms with Crippen LogP contribution in [0.3, 0.4) is 0 Å². The zero-order chi connectivity index (χ0) is 14.8. The molecule has 0 bridgehead atoms. The molecule has 104 valence electrons. The molecular weight excluding hydrogens is 293 g/mol. The van der Waals surface area contributed by atoms with Crippen molar-refractivity contribution in [1.29, 1.82) is 0 Å². The van der Waals surface area contributed by atoms with Gasteiger partial charge in [0, 0.05) is 15.6 Å². The first-order valence-corrected chi connectivity index (χ1v) is 6.08. The Bertz CT molecular complexity index is 496. The first kappa shape index (κ1) is 15.8. The molecule has 1 rings (SSSR count). The summed E-state index contributed by atoms with van der Waals surface area (Å²) in [6, 6.07) is 4.26. The number of hydrogen-bond acceptors (Lipinski definition) is 3. The Morgan fingerprint density at radius 2 is 1.68 bits per heavy atom. The van der Waals surface area contributed by atoms with Crippen molar-refractivity contribution in [3.05, 3.63) is 33.8 Å². The highest BCUT2D eigenvalue weighted by atomic mass is 35.5. The standard InChI is InChI=1S/C12H13Cl2NO4/c1-12(2,9(16)11(18)19)15-10(17)6-3-7(13)5-8(14)4-6/h3-5,9,16H,1-2H3,(H,15,17)(H,18,19). The van der Waals surface area contributed by atoms with E-state index in [1.54, 1.807) is 0 Å². The Balaban J connectivity index is 2.93. The summed E-state index contributed by atoms with van der Waals surface area (Å²) in [5.41, 5.74) is -1.15. The van der Waals surface area contributed by atoms with E-state index in [1.165, 1.54) is 32.0 Å². The molecule has 0 saturated heterocycles. The fourth-order valence-corrected chi connectivity index (χ4v) is 1.95. The van der Waals surface area contributed by atoms with Gasteiger partial charge < -0.3 is 15.5 Å². The van der Waals surface area contributed by atoms with Gasteiger partial charge in [0.2, 0.25) is 0 Å². The fraction of sp³-hybridized carbons (Fsp3) is 0.333. The van der Waals surface area contributed by atoms with Gasteiger partial charge in [-0.15, -0.1) is 0 Å². The predicted octanol–water partition coefficient (Wildman–Crippen LogP) is 1.95. The minimum atomic E-state index is -1.73. The summed E-state index contributed by atoms with van der Waals surface area (Å²) in [6.45, 7) is 2.80. The van der Waals surface area contributed by atoms with Crippen LogP contribution in [0, 0.1) is 0 Å². The van der Waals surface area contributed by atoms with Gasteiger partial charge in [-0.2, -0.15) is 0 Å². The second kappa shape index (κ2) is 5.77. The number of carbonyl (C=O) groups is 2. The van der Waals surface area contributed by atoms with Crippen LogP contribution < -0.4 is 5.32 Å². The summed E-state index contributed by atoms with van der Waals surface area (Å²) in [4.78, 5) is 22.7. The van der Waals surface area contributed by atoms with Crippen LogP contribution in [0.25, 0.3) is 0 Å². The van der Waals surface area contributed by atoms with Crippen LogP contribution in [0.5, 0.6) is 0 Å². The van der Waals surface area contributed by atoms with E-state index in [4.69, 9.17) is 28.3 Å². The second-order valence-corrected chi connectivity index (χ2v) is 5.45. The maximum atomic E-state index is 12.0. The van der Waals surface area contributed by atoms with Crippen LogP contribution in [0.4, 0.5) is 0 Å². The Morgan fingerprint density at radius 1 is 1.21 bits per heavy atom. The first-order chi connectivity index (χ1) is 8.63. The summed E-state index contributed by atoms with van der Waals surface area (Å²) < 4.78 is 0. The number of hydrogen-bond donors (Lipinski definition) is 3. The van der Waals surface area contributed by atoms with E-state index in [9.17, 15) is 14.7 Å². The van der Waals surface area contributed by atoms with E-state index in [2.05, 4.69) is 5.32 Å². The molecule has 0 aliphatic rings. The Kier molecular flexibility index (Phi) is 4.79. The SMILES string of the molecule is CC(C)(NC(=O)c1cc(Cl)cc(Cl)c1)C(O)C(=O)O. The van der Waals surface area contributed by atoms with Gasteiger partial charge in [0.25, 0.3) is 5.91 Å². The number of rotatable bonds is 4. The number of nitrogens with one attached hydrogen (secondary N) is 1. The Morgan fingerprint density at radius 3 is 2.11 bits per heavy atom. The lowest BCUT2D eigenvalue weighted by atomic mass is 9.96. The lowest BCUT2D eigenvalue weighted by molar-refractivity contribution is -0.150. The minimum Gasteiger partial charge on any atom is -0.479 e. The molecule has 0 heterocycles. The van der Waals surface area contributed by atoms with E-state index >= 15 is 0 Å². The van der Waals surface area contributed by atoms with Crippen LogP contribution in [-0.2, 0) is 4.79 Å². The van der Waals surface area contributed by atoms with Crippen LogP contribution in [0.1, 0.15) is 24.2 Å². The number of carboxylic acid groups (broad SMARTS) is 1. The maximum absolute atomic E-state index is 12.0. The largest absolute Gasteiger partial charge is 0.479 e. The van der Waals surface area contributed by atoms with Crippen LogP contribution in [0.2, 0.25) is 10.0 Å². The average Bonchev–Trinajstić information content (AvgIpc) is 2.25. The van der Waals surface area contributed by atoms with Gasteiger partial charge in [-0.25, -0.2) is 4.79 Å². The maximum Gasteiger partial charge on any atom is 0.334 e. The quantitative estimate of drug-likeness (QED) is 0.793. The van der Waals surface area contributed by atoms with Gasteiger partial charge in [-0.05, 0) is 32.0 Å². The molecule has 3 N–H and O–H groups in total. The topological polar surface area (TPSA) is 86.6 Å². The molecule has 1 aromatic carbocycles. The van der Waals surface area contributed by atoms with Gasteiger partial charge >= 0.3 is 5.97 Å². The number of aliphatic carboxylic acids is 1. The van der Waals surface area contributed by atoms with Gasteiger partial charge in [0.15, 0.2) is 6.10 Å². The molecule has 1 unspecified atom stereocenters. The van der Waals surface area contributed by atoms with Crippen molar-refractivity contribution in [1.82, 2.24) is 5.32 Å². The molecule has 0 aromatic heterocycles. The number of aliphatic hydroxyl groups is 1. The Labute approximate surface area is 120 Å². The molecule has 0 radical (unpaired) electrons. The third-order valence-electron chi connectivity index (χ3n) is 2.48. The molecular formula is C12H13Cl2NO4. The normalized spacial score (nSPS) is 12.9. The summed E-state index contributed by atoms with van der Waals surface area (Å²) in [6.07, 6.45) is -1.73. The van der Waals surface area contributed by atoms with Gasteiger partial charge in [-0.1, -0.05) is 23.2 Å². The molecule has 0 aliphatic heterocycles. The predicted molar refractivity (Wildman–Crippen MR) is 71.6 cm³/mol. The molecule has 1 aromatic rings. The number of halogens is 2. The first-order valence-electron chi connectivity index (χ1n) is 5.33. The lowest BCUT2D eigenvalue weighted by Crippen LogP contribution is -2.55. The van der Waals surface area contributed by atoms with Crippen molar-refractivity contribution in [3.8, 4) is 0 Å². The third kappa shape index (κ3) is 4.09. The van der Waals surface area contributed by atoms with Crippen LogP contribution in [0.15, 0.2) is 18.2 Å². The number of aliphatic hydroxyl groups excluding tert-OH is 1. The number of carboxylic acids is 1. The van der Waals surface area contributed by atoms with Crippen molar-refractivity contribution in [2.24, 2.45) is 0 Å². The smallest absolute Gasteiger partial charge is 0.334 e.